The van der Waals surface area contributed by atoms with Crippen LogP contribution in [0.1, 0.15) is 30.9 Å². The summed E-state index contributed by atoms with van der Waals surface area (Å²) in [5.74, 6) is 2.02. The number of hydrogen-bond acceptors (Lipinski definition) is 4. The predicted molar refractivity (Wildman–Crippen MR) is 75.7 cm³/mol. The smallest absolute Gasteiger partial charge is 0.122 e. The maximum absolute atomic E-state index is 5.88. The zero-order valence-corrected chi connectivity index (χ0v) is 12.1. The fourth-order valence-corrected chi connectivity index (χ4v) is 2.07. The quantitative estimate of drug-likeness (QED) is 0.766. The summed E-state index contributed by atoms with van der Waals surface area (Å²) >= 11 is 0. The first-order valence-corrected chi connectivity index (χ1v) is 6.72. The van der Waals surface area contributed by atoms with Gasteiger partial charge in [-0.3, -0.25) is 4.90 Å². The van der Waals surface area contributed by atoms with Crippen molar-refractivity contribution in [3.63, 3.8) is 0 Å². The van der Waals surface area contributed by atoms with Crippen LogP contribution in [0.25, 0.3) is 0 Å². The van der Waals surface area contributed by atoms with Crippen LogP contribution in [0.5, 0.6) is 0 Å². The van der Waals surface area contributed by atoms with Gasteiger partial charge in [-0.15, -0.1) is 0 Å². The van der Waals surface area contributed by atoms with Crippen LogP contribution in [-0.2, 0) is 6.42 Å². The number of aryl methyl sites for hydroxylation is 1. The second-order valence-corrected chi connectivity index (χ2v) is 5.05. The van der Waals surface area contributed by atoms with E-state index in [-0.39, 0.29) is 6.04 Å². The second-order valence-electron chi connectivity index (χ2n) is 5.05. The highest BCUT2D eigenvalue weighted by Gasteiger charge is 2.18. The van der Waals surface area contributed by atoms with Crippen LogP contribution in [0, 0.1) is 0 Å². The molecular weight excluding hydrogens is 226 g/mol. The van der Waals surface area contributed by atoms with E-state index in [0.717, 1.165) is 37.5 Å². The van der Waals surface area contributed by atoms with Crippen molar-refractivity contribution in [1.82, 2.24) is 9.80 Å². The lowest BCUT2D eigenvalue weighted by molar-refractivity contribution is 0.208. The van der Waals surface area contributed by atoms with Gasteiger partial charge in [0.15, 0.2) is 0 Å². The zero-order chi connectivity index (χ0) is 13.5. The number of furan rings is 1. The lowest BCUT2D eigenvalue weighted by Gasteiger charge is -2.25. The standard InChI is InChI=1S/C14H27N3O/c1-5-12-7-8-14(18-12)13(11-15)17(4)10-6-9-16(2)3/h7-8,13H,5-6,9-11,15H2,1-4H3. The van der Waals surface area contributed by atoms with Crippen molar-refractivity contribution in [3.05, 3.63) is 23.7 Å². The van der Waals surface area contributed by atoms with Crippen LogP contribution in [-0.4, -0.2) is 50.6 Å². The van der Waals surface area contributed by atoms with Crippen LogP contribution < -0.4 is 5.73 Å². The summed E-state index contributed by atoms with van der Waals surface area (Å²) in [6.45, 7) is 4.82. The lowest BCUT2D eigenvalue weighted by atomic mass is 10.2. The van der Waals surface area contributed by atoms with Crippen molar-refractivity contribution in [3.8, 4) is 0 Å². The van der Waals surface area contributed by atoms with E-state index in [0.29, 0.717) is 6.54 Å². The summed E-state index contributed by atoms with van der Waals surface area (Å²) in [6.07, 6.45) is 2.07. The van der Waals surface area contributed by atoms with Gasteiger partial charge >= 0.3 is 0 Å². The van der Waals surface area contributed by atoms with Gasteiger partial charge in [-0.05, 0) is 52.8 Å². The summed E-state index contributed by atoms with van der Waals surface area (Å²) < 4.78 is 5.80. The predicted octanol–water partition coefficient (Wildman–Crippen LogP) is 1.73. The van der Waals surface area contributed by atoms with Gasteiger partial charge in [-0.25, -0.2) is 0 Å². The molecule has 0 aliphatic rings. The zero-order valence-electron chi connectivity index (χ0n) is 12.1. The molecule has 4 heteroatoms. The molecule has 0 amide bonds. The molecule has 0 aliphatic carbocycles. The molecule has 104 valence electrons. The van der Waals surface area contributed by atoms with Gasteiger partial charge in [-0.1, -0.05) is 6.92 Å². The van der Waals surface area contributed by atoms with Crippen LogP contribution in [0.15, 0.2) is 16.5 Å². The van der Waals surface area contributed by atoms with E-state index in [9.17, 15) is 0 Å². The Hall–Kier alpha value is -0.840. The topological polar surface area (TPSA) is 45.6 Å². The first-order chi connectivity index (χ1) is 8.58. The molecule has 1 rings (SSSR count). The highest BCUT2D eigenvalue weighted by molar-refractivity contribution is 5.11. The van der Waals surface area contributed by atoms with E-state index in [2.05, 4.69) is 43.9 Å². The minimum atomic E-state index is 0.187. The molecule has 1 aromatic heterocycles. The maximum atomic E-state index is 5.88. The minimum Gasteiger partial charge on any atom is -0.464 e. The van der Waals surface area contributed by atoms with Crippen molar-refractivity contribution in [2.45, 2.75) is 25.8 Å². The molecule has 4 nitrogen and oxygen atoms in total. The molecule has 0 spiro atoms. The molecule has 0 saturated heterocycles. The normalized spacial score (nSPS) is 13.5. The van der Waals surface area contributed by atoms with E-state index < -0.39 is 0 Å². The number of hydrogen-bond donors (Lipinski definition) is 1. The number of nitrogens with two attached hydrogens (primary N) is 1. The summed E-state index contributed by atoms with van der Waals surface area (Å²) in [4.78, 5) is 4.48. The monoisotopic (exact) mass is 253 g/mol. The third kappa shape index (κ3) is 4.44. The number of nitrogens with zero attached hydrogens (tertiary/aromatic N) is 2. The van der Waals surface area contributed by atoms with E-state index in [1.54, 1.807) is 0 Å². The average molecular weight is 253 g/mol. The van der Waals surface area contributed by atoms with Gasteiger partial charge < -0.3 is 15.1 Å². The summed E-state index contributed by atoms with van der Waals surface area (Å²) in [6, 6.07) is 4.29. The fourth-order valence-electron chi connectivity index (χ4n) is 2.07. The van der Waals surface area contributed by atoms with Gasteiger partial charge in [0.05, 0.1) is 6.04 Å². The molecule has 2 N–H and O–H groups in total. The minimum absolute atomic E-state index is 0.187. The summed E-state index contributed by atoms with van der Waals surface area (Å²) in [5.41, 5.74) is 5.88. The third-order valence-corrected chi connectivity index (χ3v) is 3.23. The molecule has 1 unspecified atom stereocenters. The Kier molecular flexibility index (Phi) is 6.39. The molecule has 1 atom stereocenters. The van der Waals surface area contributed by atoms with Crippen LogP contribution in [0.3, 0.4) is 0 Å². The Bertz CT molecular complexity index is 336. The lowest BCUT2D eigenvalue weighted by Crippen LogP contribution is -2.32. The van der Waals surface area contributed by atoms with E-state index in [1.165, 1.54) is 0 Å². The van der Waals surface area contributed by atoms with Gasteiger partial charge in [0.2, 0.25) is 0 Å². The summed E-state index contributed by atoms with van der Waals surface area (Å²) in [5, 5.41) is 0. The average Bonchev–Trinajstić information content (AvgIpc) is 2.78. The highest BCUT2D eigenvalue weighted by atomic mass is 16.3. The highest BCUT2D eigenvalue weighted by Crippen LogP contribution is 2.21. The SMILES string of the molecule is CCc1ccc(C(CN)N(C)CCCN(C)C)o1. The Morgan fingerprint density at radius 2 is 1.94 bits per heavy atom. The van der Waals surface area contributed by atoms with Crippen molar-refractivity contribution >= 4 is 0 Å². The molecule has 0 aliphatic heterocycles. The second kappa shape index (κ2) is 7.56. The van der Waals surface area contributed by atoms with E-state index >= 15 is 0 Å². The molecule has 0 fully saturated rings. The molecule has 0 bridgehead atoms. The Balaban J connectivity index is 2.53. The van der Waals surface area contributed by atoms with Crippen molar-refractivity contribution < 1.29 is 4.42 Å². The molecule has 1 aromatic rings. The molecular formula is C14H27N3O. The Morgan fingerprint density at radius 1 is 1.22 bits per heavy atom. The fraction of sp³-hybridized carbons (Fsp3) is 0.714. The molecule has 0 radical (unpaired) electrons. The number of likely N-dealkylation sites (N-methyl/N-ethyl adjacent to an activating group) is 1. The van der Waals surface area contributed by atoms with Crippen molar-refractivity contribution in [2.24, 2.45) is 5.73 Å². The molecule has 0 saturated carbocycles. The Morgan fingerprint density at radius 3 is 2.44 bits per heavy atom. The maximum Gasteiger partial charge on any atom is 0.122 e. The van der Waals surface area contributed by atoms with Crippen LogP contribution in [0.4, 0.5) is 0 Å². The molecule has 1 heterocycles. The van der Waals surface area contributed by atoms with Gasteiger partial charge in [0.25, 0.3) is 0 Å². The van der Waals surface area contributed by atoms with E-state index in [1.807, 2.05) is 6.07 Å². The van der Waals surface area contributed by atoms with Gasteiger partial charge in [-0.2, -0.15) is 0 Å². The van der Waals surface area contributed by atoms with Crippen molar-refractivity contribution in [1.29, 1.82) is 0 Å². The van der Waals surface area contributed by atoms with E-state index in [4.69, 9.17) is 10.2 Å². The first-order valence-electron chi connectivity index (χ1n) is 6.72. The summed E-state index contributed by atoms with van der Waals surface area (Å²) in [7, 11) is 6.31. The van der Waals surface area contributed by atoms with Crippen LogP contribution in [0.2, 0.25) is 0 Å². The third-order valence-electron chi connectivity index (χ3n) is 3.23. The van der Waals surface area contributed by atoms with Crippen LogP contribution >= 0.6 is 0 Å². The van der Waals surface area contributed by atoms with Gasteiger partial charge in [0, 0.05) is 13.0 Å². The van der Waals surface area contributed by atoms with Gasteiger partial charge in [0.1, 0.15) is 11.5 Å². The first kappa shape index (κ1) is 15.2. The van der Waals surface area contributed by atoms with Crippen molar-refractivity contribution in [2.75, 3.05) is 40.8 Å². The largest absolute Gasteiger partial charge is 0.464 e. The Labute approximate surface area is 111 Å². The molecule has 0 aromatic carbocycles. The molecule has 18 heavy (non-hydrogen) atoms. The number of rotatable bonds is 8.